The summed E-state index contributed by atoms with van der Waals surface area (Å²) in [6, 6.07) is 0. The van der Waals surface area contributed by atoms with Crippen molar-refractivity contribution >= 4 is 0 Å². The second-order valence-corrected chi connectivity index (χ2v) is 3.52. The predicted molar refractivity (Wildman–Crippen MR) is 45.9 cm³/mol. The van der Waals surface area contributed by atoms with Gasteiger partial charge in [0.1, 0.15) is 0 Å². The standard InChI is InChI=1S/C10H18/c1-5-8-9(6-2)10(8)7(3)4/h8-10H,3,5-6H2,1-2,4H3. The smallest absolute Gasteiger partial charge is 0.0146 e. The van der Waals surface area contributed by atoms with Crippen LogP contribution in [-0.4, -0.2) is 0 Å². The monoisotopic (exact) mass is 138 g/mol. The second kappa shape index (κ2) is 2.77. The van der Waals surface area contributed by atoms with Gasteiger partial charge in [0.15, 0.2) is 0 Å². The van der Waals surface area contributed by atoms with Gasteiger partial charge in [0, 0.05) is 0 Å². The van der Waals surface area contributed by atoms with E-state index < -0.39 is 0 Å². The van der Waals surface area contributed by atoms with Crippen molar-refractivity contribution in [2.45, 2.75) is 33.6 Å². The van der Waals surface area contributed by atoms with Crippen molar-refractivity contribution in [2.75, 3.05) is 0 Å². The predicted octanol–water partition coefficient (Wildman–Crippen LogP) is 3.24. The fraction of sp³-hybridized carbons (Fsp3) is 0.800. The summed E-state index contributed by atoms with van der Waals surface area (Å²) in [5.41, 5.74) is 1.40. The van der Waals surface area contributed by atoms with Gasteiger partial charge >= 0.3 is 0 Å². The molecule has 0 aromatic rings. The van der Waals surface area contributed by atoms with Crippen LogP contribution in [0.1, 0.15) is 33.6 Å². The molecule has 0 N–H and O–H groups in total. The molecule has 0 radical (unpaired) electrons. The highest BCUT2D eigenvalue weighted by molar-refractivity contribution is 5.13. The zero-order valence-corrected chi connectivity index (χ0v) is 7.35. The molecular weight excluding hydrogens is 120 g/mol. The SMILES string of the molecule is C=C(C)C1C(CC)C1CC. The minimum absolute atomic E-state index is 0.870. The molecule has 1 fully saturated rings. The van der Waals surface area contributed by atoms with Gasteiger partial charge in [-0.3, -0.25) is 0 Å². The molecule has 0 spiro atoms. The van der Waals surface area contributed by atoms with Crippen LogP contribution in [0.3, 0.4) is 0 Å². The summed E-state index contributed by atoms with van der Waals surface area (Å²) in [5, 5.41) is 0. The first-order chi connectivity index (χ1) is 4.72. The molecule has 0 heteroatoms. The van der Waals surface area contributed by atoms with Gasteiger partial charge in [0.25, 0.3) is 0 Å². The maximum absolute atomic E-state index is 4.01. The van der Waals surface area contributed by atoms with Crippen molar-refractivity contribution in [3.05, 3.63) is 12.2 Å². The third-order valence-corrected chi connectivity index (χ3v) is 2.84. The van der Waals surface area contributed by atoms with Crippen LogP contribution in [-0.2, 0) is 0 Å². The fourth-order valence-corrected chi connectivity index (χ4v) is 2.29. The highest BCUT2D eigenvalue weighted by Gasteiger charge is 2.46. The lowest BCUT2D eigenvalue weighted by Gasteiger charge is -1.92. The number of rotatable bonds is 3. The zero-order valence-electron chi connectivity index (χ0n) is 7.35. The molecule has 1 saturated carbocycles. The summed E-state index contributed by atoms with van der Waals surface area (Å²) in [6.45, 7) is 10.8. The molecule has 1 aliphatic carbocycles. The van der Waals surface area contributed by atoms with E-state index in [4.69, 9.17) is 0 Å². The minimum atomic E-state index is 0.870. The molecule has 0 nitrogen and oxygen atoms in total. The molecule has 0 amide bonds. The van der Waals surface area contributed by atoms with Gasteiger partial charge in [0.05, 0.1) is 0 Å². The Kier molecular flexibility index (Phi) is 2.18. The van der Waals surface area contributed by atoms with Gasteiger partial charge < -0.3 is 0 Å². The van der Waals surface area contributed by atoms with E-state index in [1.165, 1.54) is 18.4 Å². The average molecular weight is 138 g/mol. The summed E-state index contributed by atoms with van der Waals surface area (Å²) in [5.74, 6) is 2.82. The van der Waals surface area contributed by atoms with Crippen LogP contribution in [0.5, 0.6) is 0 Å². The van der Waals surface area contributed by atoms with Gasteiger partial charge in [-0.2, -0.15) is 0 Å². The molecule has 2 atom stereocenters. The van der Waals surface area contributed by atoms with E-state index in [0.717, 1.165) is 17.8 Å². The highest BCUT2D eigenvalue weighted by atomic mass is 14.5. The van der Waals surface area contributed by atoms with E-state index in [1.807, 2.05) is 0 Å². The van der Waals surface area contributed by atoms with Crippen molar-refractivity contribution < 1.29 is 0 Å². The zero-order chi connectivity index (χ0) is 7.72. The molecule has 58 valence electrons. The van der Waals surface area contributed by atoms with E-state index in [1.54, 1.807) is 0 Å². The van der Waals surface area contributed by atoms with Crippen LogP contribution in [0.25, 0.3) is 0 Å². The molecule has 0 bridgehead atoms. The maximum Gasteiger partial charge on any atom is -0.0146 e. The molecule has 2 unspecified atom stereocenters. The van der Waals surface area contributed by atoms with Crippen LogP contribution in [0, 0.1) is 17.8 Å². The van der Waals surface area contributed by atoms with Crippen molar-refractivity contribution in [1.29, 1.82) is 0 Å². The lowest BCUT2D eigenvalue weighted by Crippen LogP contribution is -1.80. The molecule has 1 rings (SSSR count). The van der Waals surface area contributed by atoms with Gasteiger partial charge in [0.2, 0.25) is 0 Å². The highest BCUT2D eigenvalue weighted by Crippen LogP contribution is 2.53. The Morgan fingerprint density at radius 2 is 1.60 bits per heavy atom. The van der Waals surface area contributed by atoms with Crippen molar-refractivity contribution in [2.24, 2.45) is 17.8 Å². The Balaban J connectivity index is 2.44. The van der Waals surface area contributed by atoms with Gasteiger partial charge in [-0.1, -0.05) is 38.8 Å². The summed E-state index contributed by atoms with van der Waals surface area (Å²) in [6.07, 6.45) is 2.69. The Hall–Kier alpha value is -0.260. The largest absolute Gasteiger partial charge is 0.0998 e. The molecule has 0 aromatic carbocycles. The minimum Gasteiger partial charge on any atom is -0.0998 e. The Morgan fingerprint density at radius 3 is 1.70 bits per heavy atom. The van der Waals surface area contributed by atoms with Crippen LogP contribution >= 0.6 is 0 Å². The van der Waals surface area contributed by atoms with Crippen molar-refractivity contribution in [3.8, 4) is 0 Å². The first-order valence-electron chi connectivity index (χ1n) is 4.37. The van der Waals surface area contributed by atoms with Crippen LogP contribution in [0.4, 0.5) is 0 Å². The van der Waals surface area contributed by atoms with Crippen LogP contribution < -0.4 is 0 Å². The molecule has 1 aliphatic rings. The van der Waals surface area contributed by atoms with Crippen molar-refractivity contribution in [3.63, 3.8) is 0 Å². The normalized spacial score (nSPS) is 37.7. The number of allylic oxidation sites excluding steroid dienone is 1. The summed E-state index contributed by atoms with van der Waals surface area (Å²) in [4.78, 5) is 0. The summed E-state index contributed by atoms with van der Waals surface area (Å²) >= 11 is 0. The quantitative estimate of drug-likeness (QED) is 0.525. The summed E-state index contributed by atoms with van der Waals surface area (Å²) < 4.78 is 0. The van der Waals surface area contributed by atoms with E-state index in [-0.39, 0.29) is 0 Å². The molecule has 0 heterocycles. The number of hydrogen-bond acceptors (Lipinski definition) is 0. The number of hydrogen-bond donors (Lipinski definition) is 0. The van der Waals surface area contributed by atoms with E-state index in [2.05, 4.69) is 27.4 Å². The Morgan fingerprint density at radius 1 is 1.20 bits per heavy atom. The summed E-state index contributed by atoms with van der Waals surface area (Å²) in [7, 11) is 0. The van der Waals surface area contributed by atoms with Crippen LogP contribution in [0.15, 0.2) is 12.2 Å². The second-order valence-electron chi connectivity index (χ2n) is 3.52. The maximum atomic E-state index is 4.01. The Bertz CT molecular complexity index is 125. The third-order valence-electron chi connectivity index (χ3n) is 2.84. The van der Waals surface area contributed by atoms with Gasteiger partial charge in [-0.25, -0.2) is 0 Å². The Labute approximate surface area is 64.3 Å². The van der Waals surface area contributed by atoms with E-state index in [9.17, 15) is 0 Å². The van der Waals surface area contributed by atoms with Crippen molar-refractivity contribution in [1.82, 2.24) is 0 Å². The topological polar surface area (TPSA) is 0 Å². The fourth-order valence-electron chi connectivity index (χ4n) is 2.29. The third kappa shape index (κ3) is 1.12. The molecule has 0 aromatic heterocycles. The van der Waals surface area contributed by atoms with E-state index in [0.29, 0.717) is 0 Å². The van der Waals surface area contributed by atoms with Gasteiger partial charge in [-0.05, 0) is 24.7 Å². The van der Waals surface area contributed by atoms with E-state index >= 15 is 0 Å². The first kappa shape index (κ1) is 7.84. The lowest BCUT2D eigenvalue weighted by molar-refractivity contribution is 0.663. The average Bonchev–Trinajstić information content (AvgIpc) is 2.60. The molecular formula is C10H18. The van der Waals surface area contributed by atoms with Crippen LogP contribution in [0.2, 0.25) is 0 Å². The van der Waals surface area contributed by atoms with Gasteiger partial charge in [-0.15, -0.1) is 0 Å². The molecule has 0 aliphatic heterocycles. The lowest BCUT2D eigenvalue weighted by atomic mass is 10.1. The molecule has 0 saturated heterocycles. The first-order valence-corrected chi connectivity index (χ1v) is 4.37. The molecule has 10 heavy (non-hydrogen) atoms.